The van der Waals surface area contributed by atoms with Crippen LogP contribution in [-0.2, 0) is 11.3 Å². The van der Waals surface area contributed by atoms with E-state index in [9.17, 15) is 18.0 Å². The lowest BCUT2D eigenvalue weighted by molar-refractivity contribution is -0.132. The van der Waals surface area contributed by atoms with E-state index in [-0.39, 0.29) is 24.8 Å². The summed E-state index contributed by atoms with van der Waals surface area (Å²) in [5.41, 5.74) is 1.00. The third kappa shape index (κ3) is 9.70. The van der Waals surface area contributed by atoms with E-state index in [0.29, 0.717) is 19.6 Å². The standard InChI is InChI=1S/C16H23F3N4O/c1-2-20-15(22-11-9-16(17,18)19)21-10-8-14(24)23-12-13-6-4-3-5-7-13/h3-7H,2,8-12H2,1H3,(H,23,24)(H2,20,21,22). The molecule has 24 heavy (non-hydrogen) atoms. The van der Waals surface area contributed by atoms with Crippen molar-refractivity contribution in [2.75, 3.05) is 19.6 Å². The SMILES string of the molecule is CCNC(=NCCC(F)(F)F)NCCC(=O)NCc1ccccc1. The second-order valence-corrected chi connectivity index (χ2v) is 5.06. The number of carbonyl (C=O) groups is 1. The maximum absolute atomic E-state index is 12.1. The molecule has 0 saturated carbocycles. The van der Waals surface area contributed by atoms with Crippen LogP contribution in [0.25, 0.3) is 0 Å². The van der Waals surface area contributed by atoms with Gasteiger partial charge < -0.3 is 16.0 Å². The van der Waals surface area contributed by atoms with Gasteiger partial charge in [-0.15, -0.1) is 0 Å². The normalized spacial score (nSPS) is 11.9. The summed E-state index contributed by atoms with van der Waals surface area (Å²) in [6, 6.07) is 9.51. The molecule has 0 aliphatic rings. The second-order valence-electron chi connectivity index (χ2n) is 5.06. The van der Waals surface area contributed by atoms with Gasteiger partial charge in [0.25, 0.3) is 0 Å². The van der Waals surface area contributed by atoms with E-state index < -0.39 is 12.6 Å². The summed E-state index contributed by atoms with van der Waals surface area (Å²) < 4.78 is 36.3. The molecular weight excluding hydrogens is 321 g/mol. The van der Waals surface area contributed by atoms with Gasteiger partial charge in [-0.2, -0.15) is 13.2 Å². The summed E-state index contributed by atoms with van der Waals surface area (Å²) in [5, 5.41) is 8.47. The topological polar surface area (TPSA) is 65.5 Å². The van der Waals surface area contributed by atoms with Crippen LogP contribution >= 0.6 is 0 Å². The number of carbonyl (C=O) groups excluding carboxylic acids is 1. The summed E-state index contributed by atoms with van der Waals surface area (Å²) in [6.45, 7) is 2.72. The Morgan fingerprint density at radius 3 is 2.46 bits per heavy atom. The molecule has 0 saturated heterocycles. The first-order chi connectivity index (χ1) is 11.4. The first-order valence-electron chi connectivity index (χ1n) is 7.80. The van der Waals surface area contributed by atoms with Gasteiger partial charge in [0.2, 0.25) is 5.91 Å². The van der Waals surface area contributed by atoms with Gasteiger partial charge in [-0.1, -0.05) is 30.3 Å². The van der Waals surface area contributed by atoms with Crippen molar-refractivity contribution < 1.29 is 18.0 Å². The summed E-state index contributed by atoms with van der Waals surface area (Å²) in [4.78, 5) is 15.6. The van der Waals surface area contributed by atoms with Crippen LogP contribution < -0.4 is 16.0 Å². The maximum atomic E-state index is 12.1. The molecule has 1 rings (SSSR count). The molecule has 0 spiro atoms. The molecule has 0 atom stereocenters. The van der Waals surface area contributed by atoms with Crippen molar-refractivity contribution in [3.63, 3.8) is 0 Å². The highest BCUT2D eigenvalue weighted by Gasteiger charge is 2.26. The highest BCUT2D eigenvalue weighted by atomic mass is 19.4. The first-order valence-corrected chi connectivity index (χ1v) is 7.80. The van der Waals surface area contributed by atoms with E-state index in [2.05, 4.69) is 20.9 Å². The lowest BCUT2D eigenvalue weighted by Crippen LogP contribution is -2.39. The predicted molar refractivity (Wildman–Crippen MR) is 87.6 cm³/mol. The van der Waals surface area contributed by atoms with Gasteiger partial charge >= 0.3 is 6.18 Å². The fourth-order valence-corrected chi connectivity index (χ4v) is 1.82. The van der Waals surface area contributed by atoms with Crippen molar-refractivity contribution in [1.82, 2.24) is 16.0 Å². The Kier molecular flexibility index (Phi) is 8.67. The number of hydrogen-bond acceptors (Lipinski definition) is 2. The molecule has 0 fully saturated rings. The molecule has 8 heteroatoms. The zero-order chi connectivity index (χ0) is 17.8. The highest BCUT2D eigenvalue weighted by molar-refractivity contribution is 5.81. The van der Waals surface area contributed by atoms with Gasteiger partial charge in [0.1, 0.15) is 0 Å². The fraction of sp³-hybridized carbons (Fsp3) is 0.500. The van der Waals surface area contributed by atoms with Crippen LogP contribution in [0, 0.1) is 0 Å². The predicted octanol–water partition coefficient (Wildman–Crippen LogP) is 2.20. The minimum atomic E-state index is -4.22. The van der Waals surface area contributed by atoms with Crippen LogP contribution in [0.4, 0.5) is 13.2 Å². The van der Waals surface area contributed by atoms with Gasteiger partial charge in [-0.25, -0.2) is 0 Å². The zero-order valence-corrected chi connectivity index (χ0v) is 13.6. The van der Waals surface area contributed by atoms with Crippen molar-refractivity contribution in [3.05, 3.63) is 35.9 Å². The number of amides is 1. The van der Waals surface area contributed by atoms with E-state index in [1.54, 1.807) is 0 Å². The molecule has 0 unspecified atom stereocenters. The van der Waals surface area contributed by atoms with Gasteiger partial charge in [0, 0.05) is 26.1 Å². The minimum Gasteiger partial charge on any atom is -0.357 e. The molecule has 0 heterocycles. The van der Waals surface area contributed by atoms with Crippen molar-refractivity contribution in [3.8, 4) is 0 Å². The summed E-state index contributed by atoms with van der Waals surface area (Å²) in [5.74, 6) is 0.134. The van der Waals surface area contributed by atoms with Crippen molar-refractivity contribution in [2.24, 2.45) is 4.99 Å². The van der Waals surface area contributed by atoms with Crippen LogP contribution in [0.1, 0.15) is 25.3 Å². The Bertz CT molecular complexity index is 518. The summed E-state index contributed by atoms with van der Waals surface area (Å²) >= 11 is 0. The quantitative estimate of drug-likeness (QED) is 0.500. The number of nitrogens with zero attached hydrogens (tertiary/aromatic N) is 1. The van der Waals surface area contributed by atoms with E-state index in [4.69, 9.17) is 0 Å². The Morgan fingerprint density at radius 1 is 1.12 bits per heavy atom. The molecule has 1 aromatic carbocycles. The third-order valence-corrected chi connectivity index (χ3v) is 2.99. The minimum absolute atomic E-state index is 0.141. The number of guanidine groups is 1. The van der Waals surface area contributed by atoms with Crippen LogP contribution in [0.2, 0.25) is 0 Å². The number of hydrogen-bond donors (Lipinski definition) is 3. The smallest absolute Gasteiger partial charge is 0.357 e. The average Bonchev–Trinajstić information content (AvgIpc) is 2.53. The number of alkyl halides is 3. The lowest BCUT2D eigenvalue weighted by Gasteiger charge is -2.12. The second kappa shape index (κ2) is 10.5. The van der Waals surface area contributed by atoms with Crippen LogP contribution in [0.5, 0.6) is 0 Å². The molecule has 0 aliphatic heterocycles. The fourth-order valence-electron chi connectivity index (χ4n) is 1.82. The average molecular weight is 344 g/mol. The van der Waals surface area contributed by atoms with E-state index in [1.165, 1.54) is 0 Å². The number of nitrogens with one attached hydrogen (secondary N) is 3. The Labute approximate surface area is 139 Å². The van der Waals surface area contributed by atoms with Gasteiger partial charge in [-0.3, -0.25) is 9.79 Å². The number of benzene rings is 1. The zero-order valence-electron chi connectivity index (χ0n) is 13.6. The van der Waals surface area contributed by atoms with Crippen LogP contribution in [-0.4, -0.2) is 37.7 Å². The lowest BCUT2D eigenvalue weighted by atomic mass is 10.2. The molecule has 1 aromatic rings. The first kappa shape index (κ1) is 19.8. The van der Waals surface area contributed by atoms with Crippen molar-refractivity contribution in [1.29, 1.82) is 0 Å². The molecule has 0 bridgehead atoms. The van der Waals surface area contributed by atoms with Crippen LogP contribution in [0.3, 0.4) is 0 Å². The molecule has 1 amide bonds. The molecule has 3 N–H and O–H groups in total. The van der Waals surface area contributed by atoms with Crippen molar-refractivity contribution in [2.45, 2.75) is 32.5 Å². The molecule has 0 aromatic heterocycles. The Balaban J connectivity index is 2.28. The van der Waals surface area contributed by atoms with Crippen LogP contribution in [0.15, 0.2) is 35.3 Å². The number of rotatable bonds is 8. The summed E-state index contributed by atoms with van der Waals surface area (Å²) in [6.07, 6.45) is -4.99. The van der Waals surface area contributed by atoms with Gasteiger partial charge in [0.05, 0.1) is 13.0 Å². The number of aliphatic imine (C=N–C) groups is 1. The third-order valence-electron chi connectivity index (χ3n) is 2.99. The summed E-state index contributed by atoms with van der Waals surface area (Å²) in [7, 11) is 0. The number of halogens is 3. The Morgan fingerprint density at radius 2 is 1.83 bits per heavy atom. The molecule has 134 valence electrons. The van der Waals surface area contributed by atoms with E-state index in [1.807, 2.05) is 37.3 Å². The molecular formula is C16H23F3N4O. The maximum Gasteiger partial charge on any atom is 0.390 e. The molecule has 0 radical (unpaired) electrons. The van der Waals surface area contributed by atoms with E-state index in [0.717, 1.165) is 5.56 Å². The monoisotopic (exact) mass is 344 g/mol. The van der Waals surface area contributed by atoms with E-state index >= 15 is 0 Å². The van der Waals surface area contributed by atoms with Gasteiger partial charge in [0.15, 0.2) is 5.96 Å². The molecule has 0 aliphatic carbocycles. The Hall–Kier alpha value is -2.25. The molecule has 5 nitrogen and oxygen atoms in total. The van der Waals surface area contributed by atoms with Crippen molar-refractivity contribution >= 4 is 11.9 Å². The largest absolute Gasteiger partial charge is 0.390 e. The highest BCUT2D eigenvalue weighted by Crippen LogP contribution is 2.18. The van der Waals surface area contributed by atoms with Gasteiger partial charge in [-0.05, 0) is 12.5 Å².